The van der Waals surface area contributed by atoms with E-state index in [1.807, 2.05) is 0 Å². The summed E-state index contributed by atoms with van der Waals surface area (Å²) in [5, 5.41) is 13.0. The van der Waals surface area contributed by atoms with E-state index in [1.54, 1.807) is 13.2 Å². The quantitative estimate of drug-likeness (QED) is 0.834. The number of hydrogen-bond acceptors (Lipinski definition) is 5. The van der Waals surface area contributed by atoms with Crippen molar-refractivity contribution < 1.29 is 9.13 Å². The van der Waals surface area contributed by atoms with Gasteiger partial charge < -0.3 is 10.1 Å². The predicted octanol–water partition coefficient (Wildman–Crippen LogP) is 2.73. The number of methoxy groups -OCH3 is 1. The molecule has 1 aromatic carbocycles. The average molecular weight is 302 g/mol. The van der Waals surface area contributed by atoms with E-state index in [0.29, 0.717) is 28.7 Å². The van der Waals surface area contributed by atoms with Gasteiger partial charge in [-0.25, -0.2) is 4.39 Å². The molecule has 0 aliphatic rings. The van der Waals surface area contributed by atoms with Gasteiger partial charge in [-0.15, -0.1) is 10.2 Å². The number of benzene rings is 1. The lowest BCUT2D eigenvalue weighted by Gasteiger charge is -2.00. The molecule has 102 valence electrons. The zero-order valence-electron chi connectivity index (χ0n) is 10.3. The Morgan fingerprint density at radius 2 is 2.26 bits per heavy atom. The summed E-state index contributed by atoms with van der Waals surface area (Å²) in [5.74, 6) is -0.348. The highest BCUT2D eigenvalue weighted by molar-refractivity contribution is 7.14. The summed E-state index contributed by atoms with van der Waals surface area (Å²) in [6.07, 6.45) is 0. The van der Waals surface area contributed by atoms with Crippen LogP contribution in [-0.2, 0) is 11.3 Å². The first-order valence-corrected chi connectivity index (χ1v) is 6.87. The summed E-state index contributed by atoms with van der Waals surface area (Å²) in [5.41, 5.74) is 0.383. The Morgan fingerprint density at radius 3 is 3.05 bits per heavy atom. The van der Waals surface area contributed by atoms with Crippen molar-refractivity contribution in [1.29, 1.82) is 0 Å². The summed E-state index contributed by atoms with van der Waals surface area (Å²) in [6.45, 7) is 1.95. The summed E-state index contributed by atoms with van der Waals surface area (Å²) in [6, 6.07) is 4.39. The van der Waals surface area contributed by atoms with Crippen LogP contribution < -0.4 is 5.32 Å². The van der Waals surface area contributed by atoms with Gasteiger partial charge >= 0.3 is 0 Å². The van der Waals surface area contributed by atoms with Crippen molar-refractivity contribution in [1.82, 2.24) is 15.5 Å². The number of aromatic nitrogens is 2. The molecule has 0 radical (unpaired) electrons. The van der Waals surface area contributed by atoms with E-state index in [0.717, 1.165) is 11.6 Å². The molecular weight excluding hydrogens is 289 g/mol. The molecular formula is C12H13ClFN3OS. The molecule has 0 atom stereocenters. The molecule has 0 fully saturated rings. The number of rotatable bonds is 6. The number of nitrogens with zero attached hydrogens (tertiary/aromatic N) is 2. The standard InChI is InChI=1S/C12H13ClFN3OS/c1-18-5-4-15-7-11-16-17-12(19-11)9-6-8(13)2-3-10(9)14/h2-3,6,15H,4-5,7H2,1H3. The molecule has 0 amide bonds. The lowest BCUT2D eigenvalue weighted by atomic mass is 10.2. The zero-order valence-corrected chi connectivity index (χ0v) is 11.9. The van der Waals surface area contributed by atoms with Gasteiger partial charge in [0.2, 0.25) is 0 Å². The van der Waals surface area contributed by atoms with Gasteiger partial charge in [-0.2, -0.15) is 0 Å². The van der Waals surface area contributed by atoms with Crippen LogP contribution in [-0.4, -0.2) is 30.5 Å². The van der Waals surface area contributed by atoms with Crippen molar-refractivity contribution in [3.05, 3.63) is 34.0 Å². The fourth-order valence-electron chi connectivity index (χ4n) is 1.46. The molecule has 0 aliphatic heterocycles. The molecule has 0 bridgehead atoms. The Kier molecular flexibility index (Phi) is 5.21. The van der Waals surface area contributed by atoms with Crippen LogP contribution in [0, 0.1) is 5.82 Å². The molecule has 7 heteroatoms. The summed E-state index contributed by atoms with van der Waals surface area (Å²) >= 11 is 7.20. The van der Waals surface area contributed by atoms with Crippen molar-refractivity contribution in [3.63, 3.8) is 0 Å². The second-order valence-corrected chi connectivity index (χ2v) is 5.29. The molecule has 1 heterocycles. The fraction of sp³-hybridized carbons (Fsp3) is 0.333. The number of halogens is 2. The maximum Gasteiger partial charge on any atom is 0.150 e. The Balaban J connectivity index is 2.06. The minimum Gasteiger partial charge on any atom is -0.383 e. The molecule has 19 heavy (non-hydrogen) atoms. The highest BCUT2D eigenvalue weighted by atomic mass is 35.5. The van der Waals surface area contributed by atoms with Crippen LogP contribution in [0.3, 0.4) is 0 Å². The molecule has 2 rings (SSSR count). The summed E-state index contributed by atoms with van der Waals surface area (Å²) in [7, 11) is 1.65. The van der Waals surface area contributed by atoms with Crippen LogP contribution in [0.15, 0.2) is 18.2 Å². The Morgan fingerprint density at radius 1 is 1.42 bits per heavy atom. The molecule has 0 saturated heterocycles. The van der Waals surface area contributed by atoms with Crippen molar-refractivity contribution in [2.24, 2.45) is 0 Å². The zero-order chi connectivity index (χ0) is 13.7. The highest BCUT2D eigenvalue weighted by Crippen LogP contribution is 2.28. The predicted molar refractivity (Wildman–Crippen MR) is 73.9 cm³/mol. The van der Waals surface area contributed by atoms with Crippen LogP contribution in [0.5, 0.6) is 0 Å². The van der Waals surface area contributed by atoms with Gasteiger partial charge in [-0.1, -0.05) is 22.9 Å². The molecule has 4 nitrogen and oxygen atoms in total. The van der Waals surface area contributed by atoms with Gasteiger partial charge in [0.15, 0.2) is 5.01 Å². The van der Waals surface area contributed by atoms with E-state index < -0.39 is 0 Å². The molecule has 0 saturated carbocycles. The lowest BCUT2D eigenvalue weighted by molar-refractivity contribution is 0.199. The molecule has 1 N–H and O–H groups in total. The lowest BCUT2D eigenvalue weighted by Crippen LogP contribution is -2.18. The summed E-state index contributed by atoms with van der Waals surface area (Å²) in [4.78, 5) is 0. The van der Waals surface area contributed by atoms with Crippen LogP contribution in [0.4, 0.5) is 4.39 Å². The minimum absolute atomic E-state index is 0.348. The van der Waals surface area contributed by atoms with Gasteiger partial charge in [0.05, 0.1) is 6.61 Å². The van der Waals surface area contributed by atoms with E-state index in [-0.39, 0.29) is 5.82 Å². The third-order valence-electron chi connectivity index (χ3n) is 2.38. The molecule has 2 aromatic rings. The van der Waals surface area contributed by atoms with Gasteiger partial charge in [0.1, 0.15) is 10.8 Å². The SMILES string of the molecule is COCCNCc1nnc(-c2cc(Cl)ccc2F)s1. The molecule has 0 aliphatic carbocycles. The third-order valence-corrected chi connectivity index (χ3v) is 3.58. The van der Waals surface area contributed by atoms with Gasteiger partial charge in [-0.3, -0.25) is 0 Å². The monoisotopic (exact) mass is 301 g/mol. The number of nitrogens with one attached hydrogen (secondary N) is 1. The Hall–Kier alpha value is -1.08. The Bertz CT molecular complexity index is 550. The second kappa shape index (κ2) is 6.91. The van der Waals surface area contributed by atoms with Crippen LogP contribution in [0.25, 0.3) is 10.6 Å². The Labute approximate surface area is 119 Å². The normalized spacial score (nSPS) is 10.9. The first-order chi connectivity index (χ1) is 9.20. The van der Waals surface area contributed by atoms with Gasteiger partial charge in [-0.05, 0) is 18.2 Å². The maximum atomic E-state index is 13.7. The van der Waals surface area contributed by atoms with Crippen molar-refractivity contribution in [2.45, 2.75) is 6.54 Å². The second-order valence-electron chi connectivity index (χ2n) is 3.79. The van der Waals surface area contributed by atoms with E-state index >= 15 is 0 Å². The fourth-order valence-corrected chi connectivity index (χ4v) is 2.46. The van der Waals surface area contributed by atoms with E-state index in [2.05, 4.69) is 15.5 Å². The number of ether oxygens (including phenoxy) is 1. The summed E-state index contributed by atoms with van der Waals surface area (Å²) < 4.78 is 18.6. The minimum atomic E-state index is -0.348. The topological polar surface area (TPSA) is 47.0 Å². The van der Waals surface area contributed by atoms with Crippen LogP contribution in [0.1, 0.15) is 5.01 Å². The average Bonchev–Trinajstić information content (AvgIpc) is 2.86. The van der Waals surface area contributed by atoms with Crippen molar-refractivity contribution in [3.8, 4) is 10.6 Å². The molecule has 1 aromatic heterocycles. The van der Waals surface area contributed by atoms with Crippen molar-refractivity contribution in [2.75, 3.05) is 20.3 Å². The molecule has 0 unspecified atom stereocenters. The largest absolute Gasteiger partial charge is 0.383 e. The van der Waals surface area contributed by atoms with E-state index in [4.69, 9.17) is 16.3 Å². The first-order valence-electron chi connectivity index (χ1n) is 5.68. The first kappa shape index (κ1) is 14.3. The van der Waals surface area contributed by atoms with Crippen molar-refractivity contribution >= 4 is 22.9 Å². The molecule has 0 spiro atoms. The van der Waals surface area contributed by atoms with Crippen LogP contribution >= 0.6 is 22.9 Å². The van der Waals surface area contributed by atoms with Gasteiger partial charge in [0.25, 0.3) is 0 Å². The van der Waals surface area contributed by atoms with E-state index in [1.165, 1.54) is 23.5 Å². The van der Waals surface area contributed by atoms with Crippen LogP contribution in [0.2, 0.25) is 5.02 Å². The van der Waals surface area contributed by atoms with E-state index in [9.17, 15) is 4.39 Å². The van der Waals surface area contributed by atoms with Gasteiger partial charge in [0, 0.05) is 30.8 Å². The maximum absolute atomic E-state index is 13.7. The third kappa shape index (κ3) is 3.94. The smallest absolute Gasteiger partial charge is 0.150 e. The highest BCUT2D eigenvalue weighted by Gasteiger charge is 2.11. The number of hydrogen-bond donors (Lipinski definition) is 1.